The van der Waals surface area contributed by atoms with Crippen LogP contribution in [-0.4, -0.2) is 6.04 Å². The third-order valence-corrected chi connectivity index (χ3v) is 5.56. The Morgan fingerprint density at radius 2 is 1.26 bits per heavy atom. The number of azo groups is 1. The third kappa shape index (κ3) is 2.50. The van der Waals surface area contributed by atoms with E-state index in [1.54, 1.807) is 0 Å². The zero-order valence-electron chi connectivity index (χ0n) is 13.6. The molecule has 23 heavy (non-hydrogen) atoms. The molecule has 1 heterocycles. The number of hydrogen-bond donors (Lipinski definition) is 0. The minimum atomic E-state index is -0.287. The maximum absolute atomic E-state index is 4.96. The van der Waals surface area contributed by atoms with E-state index in [4.69, 9.17) is 10.2 Å². The summed E-state index contributed by atoms with van der Waals surface area (Å²) in [7, 11) is 0. The summed E-state index contributed by atoms with van der Waals surface area (Å²) in [5.41, 5.74) is 2.30. The zero-order valence-corrected chi connectivity index (χ0v) is 13.6. The quantitative estimate of drug-likeness (QED) is 0.676. The Kier molecular flexibility index (Phi) is 3.99. The molecule has 0 radical (unpaired) electrons. The predicted molar refractivity (Wildman–Crippen MR) is 93.5 cm³/mol. The van der Waals surface area contributed by atoms with Gasteiger partial charge in [0.25, 0.3) is 0 Å². The average Bonchev–Trinajstić information content (AvgIpc) is 2.95. The fourth-order valence-electron chi connectivity index (χ4n) is 4.42. The van der Waals surface area contributed by atoms with Gasteiger partial charge in [0.1, 0.15) is 5.54 Å². The molecule has 2 nitrogen and oxygen atoms in total. The number of rotatable bonds is 2. The number of fused-ring (bicyclic) bond motifs is 1. The lowest BCUT2D eigenvalue weighted by Gasteiger charge is -2.36. The van der Waals surface area contributed by atoms with E-state index >= 15 is 0 Å². The van der Waals surface area contributed by atoms with Crippen LogP contribution in [0.25, 0.3) is 0 Å². The van der Waals surface area contributed by atoms with Gasteiger partial charge in [-0.3, -0.25) is 0 Å². The Hall–Kier alpha value is -1.96. The monoisotopic (exact) mass is 304 g/mol. The van der Waals surface area contributed by atoms with Crippen LogP contribution in [-0.2, 0) is 5.54 Å². The molecule has 2 heteroatoms. The van der Waals surface area contributed by atoms with Gasteiger partial charge < -0.3 is 0 Å². The van der Waals surface area contributed by atoms with Crippen LogP contribution < -0.4 is 0 Å². The summed E-state index contributed by atoms with van der Waals surface area (Å²) in [4.78, 5) is 0. The van der Waals surface area contributed by atoms with Crippen LogP contribution in [0.5, 0.6) is 0 Å². The summed E-state index contributed by atoms with van der Waals surface area (Å²) in [5, 5.41) is 9.75. The highest BCUT2D eigenvalue weighted by molar-refractivity contribution is 5.41. The molecule has 118 valence electrons. The molecule has 4 rings (SSSR count). The number of nitrogens with zero attached hydrogens (tertiary/aromatic N) is 2. The largest absolute Gasteiger partial charge is 0.189 e. The molecule has 0 aromatic heterocycles. The highest BCUT2D eigenvalue weighted by Crippen LogP contribution is 2.51. The number of hydrogen-bond acceptors (Lipinski definition) is 2. The highest BCUT2D eigenvalue weighted by atomic mass is 15.2. The third-order valence-electron chi connectivity index (χ3n) is 5.56. The minimum Gasteiger partial charge on any atom is -0.189 e. The minimum absolute atomic E-state index is 0.287. The first-order valence-electron chi connectivity index (χ1n) is 8.94. The molecule has 0 spiro atoms. The summed E-state index contributed by atoms with van der Waals surface area (Å²) in [6.07, 6.45) is 7.70. The SMILES string of the molecule is c1ccc(C2(c3ccccc3)N=N[C@@H]3CCCCCC[C@H]32)cc1. The van der Waals surface area contributed by atoms with E-state index in [1.165, 1.54) is 49.7 Å². The van der Waals surface area contributed by atoms with Crippen LogP contribution in [0.3, 0.4) is 0 Å². The van der Waals surface area contributed by atoms with Gasteiger partial charge in [0.15, 0.2) is 0 Å². The van der Waals surface area contributed by atoms with Crippen molar-refractivity contribution in [3.8, 4) is 0 Å². The Labute approximate surface area is 138 Å². The van der Waals surface area contributed by atoms with E-state index in [9.17, 15) is 0 Å². The lowest BCUT2D eigenvalue weighted by Crippen LogP contribution is -2.37. The van der Waals surface area contributed by atoms with Crippen molar-refractivity contribution in [2.75, 3.05) is 0 Å². The second-order valence-electron chi connectivity index (χ2n) is 6.88. The molecular weight excluding hydrogens is 280 g/mol. The molecular formula is C21H24N2. The summed E-state index contributed by atoms with van der Waals surface area (Å²) >= 11 is 0. The highest BCUT2D eigenvalue weighted by Gasteiger charge is 2.49. The van der Waals surface area contributed by atoms with Gasteiger partial charge in [-0.15, -0.1) is 0 Å². The predicted octanol–water partition coefficient (Wildman–Crippen LogP) is 5.74. The first-order valence-corrected chi connectivity index (χ1v) is 8.94. The van der Waals surface area contributed by atoms with E-state index in [0.29, 0.717) is 12.0 Å². The lowest BCUT2D eigenvalue weighted by molar-refractivity contribution is 0.275. The van der Waals surface area contributed by atoms with Crippen LogP contribution in [0.15, 0.2) is 70.9 Å². The van der Waals surface area contributed by atoms with Gasteiger partial charge in [0, 0.05) is 5.92 Å². The van der Waals surface area contributed by atoms with Crippen molar-refractivity contribution >= 4 is 0 Å². The van der Waals surface area contributed by atoms with Gasteiger partial charge in [-0.2, -0.15) is 10.2 Å². The molecule has 1 aliphatic carbocycles. The zero-order chi connectivity index (χ0) is 15.5. The summed E-state index contributed by atoms with van der Waals surface area (Å²) in [6.45, 7) is 0. The Bertz CT molecular complexity index is 623. The van der Waals surface area contributed by atoms with E-state index in [2.05, 4.69) is 60.7 Å². The molecule has 2 atom stereocenters. The average molecular weight is 304 g/mol. The van der Waals surface area contributed by atoms with Crippen molar-refractivity contribution in [2.24, 2.45) is 16.1 Å². The van der Waals surface area contributed by atoms with Crippen molar-refractivity contribution in [3.05, 3.63) is 71.8 Å². The number of benzene rings is 2. The molecule has 2 aromatic carbocycles. The second-order valence-corrected chi connectivity index (χ2v) is 6.88. The smallest absolute Gasteiger partial charge is 0.136 e. The van der Waals surface area contributed by atoms with Gasteiger partial charge in [-0.25, -0.2) is 0 Å². The maximum Gasteiger partial charge on any atom is 0.136 e. The molecule has 0 saturated heterocycles. The van der Waals surface area contributed by atoms with Crippen molar-refractivity contribution in [1.29, 1.82) is 0 Å². The fourth-order valence-corrected chi connectivity index (χ4v) is 4.42. The van der Waals surface area contributed by atoms with E-state index in [-0.39, 0.29) is 5.54 Å². The molecule has 1 aliphatic heterocycles. The second kappa shape index (κ2) is 6.27. The molecule has 1 saturated carbocycles. The topological polar surface area (TPSA) is 24.7 Å². The fraction of sp³-hybridized carbons (Fsp3) is 0.429. The lowest BCUT2D eigenvalue weighted by atomic mass is 9.68. The molecule has 2 aromatic rings. The van der Waals surface area contributed by atoms with Gasteiger partial charge in [-0.1, -0.05) is 86.3 Å². The first-order chi connectivity index (χ1) is 11.4. The standard InChI is InChI=1S/C21H24N2/c1-2-10-16-20-19(15-9-1)21(23-22-20,17-11-5-3-6-12-17)18-13-7-4-8-14-18/h3-8,11-14,19-20H,1-2,9-10,15-16H2/t19-,20-/m1/s1. The van der Waals surface area contributed by atoms with Gasteiger partial charge in [-0.05, 0) is 24.0 Å². The van der Waals surface area contributed by atoms with Gasteiger partial charge in [0.05, 0.1) is 6.04 Å². The molecule has 1 fully saturated rings. The molecule has 2 aliphatic rings. The van der Waals surface area contributed by atoms with Crippen LogP contribution in [0.2, 0.25) is 0 Å². The first kappa shape index (κ1) is 14.6. The Morgan fingerprint density at radius 3 is 1.87 bits per heavy atom. The van der Waals surface area contributed by atoms with Crippen LogP contribution in [0, 0.1) is 5.92 Å². The van der Waals surface area contributed by atoms with Crippen LogP contribution in [0.1, 0.15) is 49.7 Å². The molecule has 0 amide bonds. The summed E-state index contributed by atoms with van der Waals surface area (Å²) < 4.78 is 0. The van der Waals surface area contributed by atoms with Gasteiger partial charge in [0.2, 0.25) is 0 Å². The van der Waals surface area contributed by atoms with Crippen molar-refractivity contribution in [1.82, 2.24) is 0 Å². The van der Waals surface area contributed by atoms with Crippen molar-refractivity contribution < 1.29 is 0 Å². The molecule has 0 bridgehead atoms. The summed E-state index contributed by atoms with van der Waals surface area (Å²) in [5.74, 6) is 0.493. The normalized spacial score (nSPS) is 26.3. The maximum atomic E-state index is 4.96. The Morgan fingerprint density at radius 1 is 0.696 bits per heavy atom. The van der Waals surface area contributed by atoms with Crippen molar-refractivity contribution in [2.45, 2.75) is 50.1 Å². The molecule has 0 unspecified atom stereocenters. The van der Waals surface area contributed by atoms with Crippen LogP contribution >= 0.6 is 0 Å². The summed E-state index contributed by atoms with van der Waals surface area (Å²) in [6, 6.07) is 22.0. The molecule has 0 N–H and O–H groups in total. The Balaban J connectivity index is 1.85. The van der Waals surface area contributed by atoms with E-state index in [0.717, 1.165) is 0 Å². The van der Waals surface area contributed by atoms with E-state index in [1.807, 2.05) is 0 Å². The van der Waals surface area contributed by atoms with Crippen molar-refractivity contribution in [3.63, 3.8) is 0 Å². The van der Waals surface area contributed by atoms with Crippen LogP contribution in [0.4, 0.5) is 0 Å². The van der Waals surface area contributed by atoms with E-state index < -0.39 is 0 Å². The van der Waals surface area contributed by atoms with Gasteiger partial charge >= 0.3 is 0 Å².